The first-order valence-corrected chi connectivity index (χ1v) is 9.49. The second-order valence-corrected chi connectivity index (χ2v) is 7.59. The molecule has 0 amide bonds. The van der Waals surface area contributed by atoms with Crippen LogP contribution >= 0.6 is 34.2 Å². The van der Waals surface area contributed by atoms with Gasteiger partial charge in [-0.05, 0) is 68.0 Å². The maximum Gasteiger partial charge on any atom is 0.162 e. The molecular formula is C16H22ClIN2O. The molecule has 0 N–H and O–H groups in total. The van der Waals surface area contributed by atoms with E-state index in [1.54, 1.807) is 0 Å². The maximum atomic E-state index is 6.42. The molecule has 116 valence electrons. The molecule has 2 fully saturated rings. The van der Waals surface area contributed by atoms with Crippen LogP contribution in [0.15, 0.2) is 0 Å². The highest BCUT2D eigenvalue weighted by atomic mass is 127. The zero-order valence-corrected chi connectivity index (χ0v) is 15.4. The Bertz CT molecular complexity index is 511. The molecule has 0 atom stereocenters. The zero-order valence-electron chi connectivity index (χ0n) is 12.5. The van der Waals surface area contributed by atoms with Crippen molar-refractivity contribution in [1.29, 1.82) is 0 Å². The topological polar surface area (TPSA) is 35.0 Å². The molecule has 1 heterocycles. The van der Waals surface area contributed by atoms with Gasteiger partial charge in [0.05, 0.1) is 9.26 Å². The van der Waals surface area contributed by atoms with Crippen molar-refractivity contribution in [3.05, 3.63) is 20.2 Å². The minimum Gasteiger partial charge on any atom is -0.367 e. The molecular weight excluding hydrogens is 399 g/mol. The van der Waals surface area contributed by atoms with Crippen LogP contribution in [0.4, 0.5) is 0 Å². The van der Waals surface area contributed by atoms with Crippen LogP contribution < -0.4 is 0 Å². The van der Waals surface area contributed by atoms with E-state index in [9.17, 15) is 0 Å². The molecule has 3 rings (SSSR count). The van der Waals surface area contributed by atoms with Gasteiger partial charge in [0.2, 0.25) is 0 Å². The number of hydrogen-bond donors (Lipinski definition) is 0. The number of aromatic nitrogens is 2. The quantitative estimate of drug-likeness (QED) is 0.496. The first kappa shape index (κ1) is 15.9. The summed E-state index contributed by atoms with van der Waals surface area (Å²) in [5, 5.41) is 0.605. The van der Waals surface area contributed by atoms with Gasteiger partial charge in [-0.1, -0.05) is 24.4 Å². The summed E-state index contributed by atoms with van der Waals surface area (Å²) >= 11 is 8.73. The number of nitrogens with zero attached hydrogens (tertiary/aromatic N) is 2. The third-order valence-corrected chi connectivity index (χ3v) is 6.47. The van der Waals surface area contributed by atoms with E-state index in [1.807, 2.05) is 6.92 Å². The third-order valence-electron chi connectivity index (χ3n) is 4.82. The van der Waals surface area contributed by atoms with Gasteiger partial charge < -0.3 is 4.74 Å². The fraction of sp³-hybridized carbons (Fsp3) is 0.750. The van der Waals surface area contributed by atoms with Gasteiger partial charge in [-0.2, -0.15) is 0 Å². The third kappa shape index (κ3) is 3.08. The summed E-state index contributed by atoms with van der Waals surface area (Å²) in [5.74, 6) is 1.38. The smallest absolute Gasteiger partial charge is 0.162 e. The lowest BCUT2D eigenvalue weighted by molar-refractivity contribution is -0.0459. The normalized spacial score (nSPS) is 22.0. The Balaban J connectivity index is 2.02. The lowest BCUT2D eigenvalue weighted by Gasteiger charge is -2.28. The molecule has 1 aromatic heterocycles. The van der Waals surface area contributed by atoms with Gasteiger partial charge in [0, 0.05) is 12.5 Å². The standard InChI is InChI=1S/C16H22ClIN2O/c1-2-21-16(9-5-6-10-16)15-19-13(11-7-3-4-8-11)12(18)14(17)20-15/h11H,2-10H2,1H3. The summed E-state index contributed by atoms with van der Waals surface area (Å²) in [7, 11) is 0. The van der Waals surface area contributed by atoms with E-state index in [0.29, 0.717) is 17.7 Å². The highest BCUT2D eigenvalue weighted by Gasteiger charge is 2.40. The maximum absolute atomic E-state index is 6.42. The average Bonchev–Trinajstić information content (AvgIpc) is 3.13. The van der Waals surface area contributed by atoms with Crippen LogP contribution in [0.3, 0.4) is 0 Å². The zero-order chi connectivity index (χ0) is 14.9. The van der Waals surface area contributed by atoms with Crippen molar-refractivity contribution in [1.82, 2.24) is 9.97 Å². The summed E-state index contributed by atoms with van der Waals surface area (Å²) in [6, 6.07) is 0. The Kier molecular flexibility index (Phi) is 5.06. The molecule has 0 aliphatic heterocycles. The van der Waals surface area contributed by atoms with Gasteiger partial charge in [0.25, 0.3) is 0 Å². The Hall–Kier alpha value is 0.0600. The van der Waals surface area contributed by atoms with E-state index in [4.69, 9.17) is 21.3 Å². The summed E-state index contributed by atoms with van der Waals surface area (Å²) in [6.07, 6.45) is 9.46. The van der Waals surface area contributed by atoms with E-state index in [1.165, 1.54) is 38.5 Å². The number of halogens is 2. The molecule has 2 aliphatic carbocycles. The second kappa shape index (κ2) is 6.67. The lowest BCUT2D eigenvalue weighted by atomic mass is 9.99. The molecule has 21 heavy (non-hydrogen) atoms. The van der Waals surface area contributed by atoms with Gasteiger partial charge in [-0.3, -0.25) is 0 Å². The summed E-state index contributed by atoms with van der Waals surface area (Å²) in [6.45, 7) is 2.75. The molecule has 2 aliphatic rings. The molecule has 0 unspecified atom stereocenters. The lowest BCUT2D eigenvalue weighted by Crippen LogP contribution is -2.30. The average molecular weight is 421 g/mol. The van der Waals surface area contributed by atoms with Crippen LogP contribution in [0, 0.1) is 3.57 Å². The van der Waals surface area contributed by atoms with E-state index in [2.05, 4.69) is 27.6 Å². The molecule has 2 saturated carbocycles. The Morgan fingerprint density at radius 1 is 1.19 bits per heavy atom. The molecule has 0 radical (unpaired) electrons. The fourth-order valence-corrected chi connectivity index (χ4v) is 4.62. The molecule has 3 nitrogen and oxygen atoms in total. The Morgan fingerprint density at radius 3 is 2.48 bits per heavy atom. The Morgan fingerprint density at radius 2 is 1.86 bits per heavy atom. The van der Waals surface area contributed by atoms with Gasteiger partial charge in [-0.15, -0.1) is 0 Å². The number of hydrogen-bond acceptors (Lipinski definition) is 3. The number of rotatable bonds is 4. The van der Waals surface area contributed by atoms with Crippen molar-refractivity contribution in [2.75, 3.05) is 6.61 Å². The minimum absolute atomic E-state index is 0.296. The summed E-state index contributed by atoms with van der Waals surface area (Å²) < 4.78 is 7.14. The molecule has 0 aromatic carbocycles. The van der Waals surface area contributed by atoms with E-state index >= 15 is 0 Å². The number of ether oxygens (including phenoxy) is 1. The van der Waals surface area contributed by atoms with Crippen LogP contribution in [0.1, 0.15) is 75.7 Å². The van der Waals surface area contributed by atoms with E-state index < -0.39 is 0 Å². The van der Waals surface area contributed by atoms with E-state index in [0.717, 1.165) is 27.9 Å². The summed E-state index contributed by atoms with van der Waals surface area (Å²) in [4.78, 5) is 9.56. The van der Waals surface area contributed by atoms with Crippen molar-refractivity contribution in [2.24, 2.45) is 0 Å². The first-order chi connectivity index (χ1) is 10.2. The largest absolute Gasteiger partial charge is 0.367 e. The molecule has 1 aromatic rings. The van der Waals surface area contributed by atoms with Crippen molar-refractivity contribution in [3.8, 4) is 0 Å². The monoisotopic (exact) mass is 420 g/mol. The van der Waals surface area contributed by atoms with Crippen LogP contribution in [-0.4, -0.2) is 16.6 Å². The van der Waals surface area contributed by atoms with Crippen molar-refractivity contribution in [3.63, 3.8) is 0 Å². The minimum atomic E-state index is -0.296. The van der Waals surface area contributed by atoms with Gasteiger partial charge in [0.1, 0.15) is 10.8 Å². The van der Waals surface area contributed by atoms with Gasteiger partial charge in [-0.25, -0.2) is 9.97 Å². The van der Waals surface area contributed by atoms with Crippen molar-refractivity contribution < 1.29 is 4.74 Å². The first-order valence-electron chi connectivity index (χ1n) is 8.03. The Labute approximate surface area is 145 Å². The molecule has 0 saturated heterocycles. The predicted molar refractivity (Wildman–Crippen MR) is 92.7 cm³/mol. The van der Waals surface area contributed by atoms with Gasteiger partial charge in [0.15, 0.2) is 5.82 Å². The van der Waals surface area contributed by atoms with Gasteiger partial charge >= 0.3 is 0 Å². The SMILES string of the molecule is CCOC1(c2nc(Cl)c(I)c(C3CCCC3)n2)CCCC1. The molecule has 5 heteroatoms. The predicted octanol–water partition coefficient (Wildman–Crippen LogP) is 5.20. The van der Waals surface area contributed by atoms with Crippen LogP contribution in [-0.2, 0) is 10.3 Å². The van der Waals surface area contributed by atoms with Crippen LogP contribution in [0.25, 0.3) is 0 Å². The van der Waals surface area contributed by atoms with Crippen molar-refractivity contribution >= 4 is 34.2 Å². The highest BCUT2D eigenvalue weighted by molar-refractivity contribution is 14.1. The van der Waals surface area contributed by atoms with E-state index in [-0.39, 0.29) is 5.60 Å². The molecule has 0 bridgehead atoms. The van der Waals surface area contributed by atoms with Crippen molar-refractivity contribution in [2.45, 2.75) is 69.8 Å². The highest BCUT2D eigenvalue weighted by Crippen LogP contribution is 2.43. The van der Waals surface area contributed by atoms with Crippen LogP contribution in [0.2, 0.25) is 5.15 Å². The summed E-state index contributed by atoms with van der Waals surface area (Å²) in [5.41, 5.74) is 0.866. The second-order valence-electron chi connectivity index (χ2n) is 6.15. The van der Waals surface area contributed by atoms with Crippen LogP contribution in [0.5, 0.6) is 0 Å². The molecule has 0 spiro atoms. The fourth-order valence-electron chi connectivity index (χ4n) is 3.76.